The molecule has 0 heterocycles. The van der Waals surface area contributed by atoms with Crippen molar-refractivity contribution in [1.29, 1.82) is 0 Å². The van der Waals surface area contributed by atoms with Gasteiger partial charge in [0, 0.05) is 7.05 Å². The zero-order valence-electron chi connectivity index (χ0n) is 7.90. The van der Waals surface area contributed by atoms with E-state index in [4.69, 9.17) is 0 Å². The second-order valence-electron chi connectivity index (χ2n) is 2.43. The predicted octanol–water partition coefficient (Wildman–Crippen LogP) is 3.10. The summed E-state index contributed by atoms with van der Waals surface area (Å²) in [6, 6.07) is 0. The lowest BCUT2D eigenvalue weighted by molar-refractivity contribution is 0.622. The molecule has 0 aliphatic heterocycles. The molecule has 1 nitrogen and oxygen atoms in total. The molecule has 0 aromatic carbocycles. The van der Waals surface area contributed by atoms with Gasteiger partial charge in [0.1, 0.15) is 0 Å². The van der Waals surface area contributed by atoms with E-state index >= 15 is 0 Å². The van der Waals surface area contributed by atoms with Crippen LogP contribution in [0.4, 0.5) is 0 Å². The van der Waals surface area contributed by atoms with Gasteiger partial charge >= 0.3 is 0 Å². The van der Waals surface area contributed by atoms with Gasteiger partial charge in [-0.15, -0.1) is 0 Å². The number of hydrogen-bond donors (Lipinski definition) is 0. The highest BCUT2D eigenvalue weighted by molar-refractivity contribution is 5.01. The summed E-state index contributed by atoms with van der Waals surface area (Å²) in [5, 5.41) is 0. The minimum Gasteiger partial charge on any atom is -0.358 e. The Labute approximate surface area is 75.4 Å². The Kier molecular flexibility index (Phi) is 7.05. The summed E-state index contributed by atoms with van der Waals surface area (Å²) < 4.78 is 0. The second kappa shape index (κ2) is 7.86. The molecule has 12 heavy (non-hydrogen) atoms. The van der Waals surface area contributed by atoms with Crippen molar-refractivity contribution in [3.63, 3.8) is 0 Å². The van der Waals surface area contributed by atoms with Gasteiger partial charge in [-0.2, -0.15) is 0 Å². The molecule has 0 radical (unpaired) electrons. The summed E-state index contributed by atoms with van der Waals surface area (Å²) in [5.74, 6) is 0. The maximum Gasteiger partial charge on any atom is 0.0106 e. The van der Waals surface area contributed by atoms with Gasteiger partial charge in [0.2, 0.25) is 0 Å². The van der Waals surface area contributed by atoms with Gasteiger partial charge in [0.25, 0.3) is 0 Å². The molecule has 0 bridgehead atoms. The van der Waals surface area contributed by atoms with Crippen molar-refractivity contribution in [2.45, 2.75) is 13.3 Å². The Bertz CT molecular complexity index is 187. The van der Waals surface area contributed by atoms with Crippen molar-refractivity contribution in [2.24, 2.45) is 0 Å². The minimum absolute atomic E-state index is 0.952. The molecule has 0 aromatic heterocycles. The highest BCUT2D eigenvalue weighted by atomic mass is 15.0. The number of rotatable bonds is 5. The molecule has 1 heteroatoms. The zero-order valence-corrected chi connectivity index (χ0v) is 7.90. The summed E-state index contributed by atoms with van der Waals surface area (Å²) in [6.07, 6.45) is 14.9. The standard InChI is InChI=1S/C11H17N/c1-4-6-7-8-9-11-12(3)10-5-2/h4-7,9-11H,1,8H2,2-3H3/b7-6?,10-5+,11-9+. The topological polar surface area (TPSA) is 3.24 Å². The largest absolute Gasteiger partial charge is 0.358 e. The van der Waals surface area contributed by atoms with E-state index in [-0.39, 0.29) is 0 Å². The van der Waals surface area contributed by atoms with Crippen LogP contribution in [0.15, 0.2) is 49.4 Å². The van der Waals surface area contributed by atoms with Crippen LogP contribution in [-0.4, -0.2) is 11.9 Å². The van der Waals surface area contributed by atoms with Gasteiger partial charge in [0.05, 0.1) is 0 Å². The van der Waals surface area contributed by atoms with E-state index in [0.717, 1.165) is 6.42 Å². The molecule has 0 aliphatic carbocycles. The molecule has 0 unspecified atom stereocenters. The molecule has 0 saturated heterocycles. The predicted molar refractivity (Wildman–Crippen MR) is 55.7 cm³/mol. The molecule has 0 aliphatic rings. The Morgan fingerprint density at radius 3 is 2.58 bits per heavy atom. The Morgan fingerprint density at radius 2 is 2.00 bits per heavy atom. The van der Waals surface area contributed by atoms with Gasteiger partial charge in [0.15, 0.2) is 0 Å². The first-order valence-corrected chi connectivity index (χ1v) is 4.10. The van der Waals surface area contributed by atoms with Crippen molar-refractivity contribution in [3.05, 3.63) is 49.4 Å². The van der Waals surface area contributed by atoms with Crippen molar-refractivity contribution in [3.8, 4) is 0 Å². The second-order valence-corrected chi connectivity index (χ2v) is 2.43. The fourth-order valence-corrected chi connectivity index (χ4v) is 0.765. The molecule has 0 amide bonds. The maximum absolute atomic E-state index is 3.59. The van der Waals surface area contributed by atoms with Gasteiger partial charge in [-0.25, -0.2) is 0 Å². The smallest absolute Gasteiger partial charge is 0.0106 e. The Balaban J connectivity index is 3.60. The van der Waals surface area contributed by atoms with Crippen LogP contribution in [-0.2, 0) is 0 Å². The SMILES string of the molecule is C=CC=CC/C=C/N(C)/C=C/C. The third kappa shape index (κ3) is 6.87. The third-order valence-corrected chi connectivity index (χ3v) is 1.27. The van der Waals surface area contributed by atoms with Crippen LogP contribution in [0.25, 0.3) is 0 Å². The summed E-state index contributed by atoms with van der Waals surface area (Å²) in [5.41, 5.74) is 0. The Morgan fingerprint density at radius 1 is 1.25 bits per heavy atom. The average Bonchev–Trinajstić information content (AvgIpc) is 2.05. The van der Waals surface area contributed by atoms with Gasteiger partial charge < -0.3 is 4.90 Å². The molecule has 0 saturated carbocycles. The van der Waals surface area contributed by atoms with E-state index in [1.165, 1.54) is 0 Å². The summed E-state index contributed by atoms with van der Waals surface area (Å²) in [6.45, 7) is 5.59. The monoisotopic (exact) mass is 163 g/mol. The lowest BCUT2D eigenvalue weighted by Crippen LogP contribution is -1.98. The van der Waals surface area contributed by atoms with Crippen LogP contribution in [0.1, 0.15) is 13.3 Å². The van der Waals surface area contributed by atoms with Crippen molar-refractivity contribution >= 4 is 0 Å². The Hall–Kier alpha value is -1.24. The summed E-state index contributed by atoms with van der Waals surface area (Å²) in [7, 11) is 2.01. The average molecular weight is 163 g/mol. The molecule has 0 N–H and O–H groups in total. The van der Waals surface area contributed by atoms with Crippen molar-refractivity contribution in [1.82, 2.24) is 4.90 Å². The van der Waals surface area contributed by atoms with E-state index in [9.17, 15) is 0 Å². The first kappa shape index (κ1) is 10.8. The number of allylic oxidation sites excluding steroid dienone is 5. The lowest BCUT2D eigenvalue weighted by Gasteiger charge is -2.04. The zero-order chi connectivity index (χ0) is 9.23. The normalized spacial score (nSPS) is 11.8. The fourth-order valence-electron chi connectivity index (χ4n) is 0.765. The molecular weight excluding hydrogens is 146 g/mol. The first-order chi connectivity index (χ1) is 5.81. The van der Waals surface area contributed by atoms with Crippen LogP contribution in [0.2, 0.25) is 0 Å². The molecular formula is C11H17N. The maximum atomic E-state index is 3.59. The molecule has 0 atom stereocenters. The van der Waals surface area contributed by atoms with Gasteiger partial charge in [-0.05, 0) is 25.7 Å². The van der Waals surface area contributed by atoms with E-state index in [1.807, 2.05) is 43.4 Å². The molecule has 66 valence electrons. The van der Waals surface area contributed by atoms with Gasteiger partial charge in [-0.1, -0.05) is 37.0 Å². The van der Waals surface area contributed by atoms with Crippen LogP contribution >= 0.6 is 0 Å². The lowest BCUT2D eigenvalue weighted by atomic mass is 10.3. The molecule has 0 spiro atoms. The highest BCUT2D eigenvalue weighted by Crippen LogP contribution is 1.90. The fraction of sp³-hybridized carbons (Fsp3) is 0.273. The molecule has 0 rings (SSSR count). The van der Waals surface area contributed by atoms with Crippen LogP contribution < -0.4 is 0 Å². The van der Waals surface area contributed by atoms with Crippen molar-refractivity contribution in [2.75, 3.05) is 7.05 Å². The van der Waals surface area contributed by atoms with Crippen LogP contribution in [0, 0.1) is 0 Å². The van der Waals surface area contributed by atoms with Crippen molar-refractivity contribution < 1.29 is 0 Å². The van der Waals surface area contributed by atoms with Crippen LogP contribution in [0.5, 0.6) is 0 Å². The highest BCUT2D eigenvalue weighted by Gasteiger charge is 1.77. The summed E-state index contributed by atoms with van der Waals surface area (Å²) in [4.78, 5) is 2.02. The van der Waals surface area contributed by atoms with E-state index in [2.05, 4.69) is 18.7 Å². The minimum atomic E-state index is 0.952. The summed E-state index contributed by atoms with van der Waals surface area (Å²) >= 11 is 0. The molecule has 0 aromatic rings. The number of hydrogen-bond acceptors (Lipinski definition) is 1. The first-order valence-electron chi connectivity index (χ1n) is 4.10. The van der Waals surface area contributed by atoms with E-state index in [0.29, 0.717) is 0 Å². The van der Waals surface area contributed by atoms with Crippen LogP contribution in [0.3, 0.4) is 0 Å². The van der Waals surface area contributed by atoms with E-state index < -0.39 is 0 Å². The van der Waals surface area contributed by atoms with Gasteiger partial charge in [-0.3, -0.25) is 0 Å². The quantitative estimate of drug-likeness (QED) is 0.563. The number of nitrogens with zero attached hydrogens (tertiary/aromatic N) is 1. The van der Waals surface area contributed by atoms with E-state index in [1.54, 1.807) is 6.08 Å². The molecule has 0 fully saturated rings. The third-order valence-electron chi connectivity index (χ3n) is 1.27.